The molecule has 12 nitrogen and oxygen atoms in total. The predicted octanol–water partition coefficient (Wildman–Crippen LogP) is 0.00440. The van der Waals surface area contributed by atoms with E-state index >= 15 is 0 Å². The molecule has 0 aromatic heterocycles. The van der Waals surface area contributed by atoms with Crippen molar-refractivity contribution in [3.8, 4) is 0 Å². The number of unbranched alkanes of at least 4 members (excludes halogenated alkanes) is 7. The molecule has 12 heteroatoms. The van der Waals surface area contributed by atoms with Crippen molar-refractivity contribution in [2.24, 2.45) is 11.7 Å². The summed E-state index contributed by atoms with van der Waals surface area (Å²) in [7, 11) is 0. The number of ether oxygens (including phenoxy) is 1. The Morgan fingerprint density at radius 3 is 2.05 bits per heavy atom. The van der Waals surface area contributed by atoms with E-state index in [0.717, 1.165) is 25.7 Å². The van der Waals surface area contributed by atoms with E-state index in [2.05, 4.69) is 22.9 Å². The molecular weight excluding hydrogens is 508 g/mol. The molecule has 0 spiro atoms. The van der Waals surface area contributed by atoms with Crippen LogP contribution in [-0.4, -0.2) is 88.1 Å². The summed E-state index contributed by atoms with van der Waals surface area (Å²) in [5.41, 5.74) is 6.07. The maximum atomic E-state index is 12.9. The summed E-state index contributed by atoms with van der Waals surface area (Å²) in [6, 6.07) is -3.17. The topological polar surface area (TPSA) is 200 Å². The zero-order valence-corrected chi connectivity index (χ0v) is 23.9. The predicted molar refractivity (Wildman–Crippen MR) is 145 cm³/mol. The van der Waals surface area contributed by atoms with Crippen LogP contribution in [0, 0.1) is 5.92 Å². The zero-order valence-electron chi connectivity index (χ0n) is 23.9. The highest BCUT2D eigenvalue weighted by Crippen LogP contribution is 2.20. The van der Waals surface area contributed by atoms with Crippen LogP contribution in [0.25, 0.3) is 0 Å². The lowest BCUT2D eigenvalue weighted by Crippen LogP contribution is -2.68. The van der Waals surface area contributed by atoms with Gasteiger partial charge in [-0.3, -0.25) is 19.2 Å². The molecule has 4 unspecified atom stereocenters. The van der Waals surface area contributed by atoms with Crippen LogP contribution in [0.15, 0.2) is 0 Å². The van der Waals surface area contributed by atoms with E-state index in [9.17, 15) is 34.5 Å². The molecule has 1 aliphatic heterocycles. The number of hydrogen-bond acceptors (Lipinski definition) is 9. The van der Waals surface area contributed by atoms with Crippen LogP contribution in [0.1, 0.15) is 91.9 Å². The molecule has 1 saturated heterocycles. The van der Waals surface area contributed by atoms with E-state index in [1.54, 1.807) is 13.8 Å². The van der Waals surface area contributed by atoms with Gasteiger partial charge in [0.25, 0.3) is 0 Å². The maximum absolute atomic E-state index is 12.9. The zero-order chi connectivity index (χ0) is 29.5. The molecule has 1 heterocycles. The van der Waals surface area contributed by atoms with Gasteiger partial charge in [0.15, 0.2) is 12.0 Å². The van der Waals surface area contributed by atoms with Gasteiger partial charge < -0.3 is 41.7 Å². The van der Waals surface area contributed by atoms with Gasteiger partial charge in [0.2, 0.25) is 17.7 Å². The Bertz CT molecular complexity index is 781. The number of hydrogen-bond donors (Lipinski definition) is 7. The molecule has 0 aromatic rings. The largest absolute Gasteiger partial charge is 0.394 e. The van der Waals surface area contributed by atoms with Crippen molar-refractivity contribution in [1.29, 1.82) is 0 Å². The van der Waals surface area contributed by atoms with Crippen molar-refractivity contribution in [3.05, 3.63) is 0 Å². The van der Waals surface area contributed by atoms with Crippen molar-refractivity contribution in [2.45, 2.75) is 135 Å². The lowest BCUT2D eigenvalue weighted by molar-refractivity contribution is -0.203. The van der Waals surface area contributed by atoms with E-state index in [-0.39, 0.29) is 5.78 Å². The number of rotatable bonds is 18. The summed E-state index contributed by atoms with van der Waals surface area (Å²) in [6.07, 6.45) is 3.38. The maximum Gasteiger partial charge on any atom is 0.237 e. The van der Waals surface area contributed by atoms with Gasteiger partial charge in [0.1, 0.15) is 24.4 Å². The summed E-state index contributed by atoms with van der Waals surface area (Å²) in [5, 5.41) is 37.5. The molecule has 0 saturated carbocycles. The van der Waals surface area contributed by atoms with Crippen molar-refractivity contribution in [2.75, 3.05) is 6.61 Å². The van der Waals surface area contributed by atoms with E-state index in [4.69, 9.17) is 10.5 Å². The Kier molecular flexibility index (Phi) is 16.4. The van der Waals surface area contributed by atoms with Crippen LogP contribution in [-0.2, 0) is 23.9 Å². The number of carbonyl (C=O) groups excluding carboxylic acids is 4. The minimum absolute atomic E-state index is 0.357. The Morgan fingerprint density at radius 1 is 0.923 bits per heavy atom. The van der Waals surface area contributed by atoms with Gasteiger partial charge in [-0.2, -0.15) is 0 Å². The summed E-state index contributed by atoms with van der Waals surface area (Å²) in [5.74, 6) is -2.59. The molecule has 0 aliphatic carbocycles. The third kappa shape index (κ3) is 12.3. The van der Waals surface area contributed by atoms with Gasteiger partial charge in [-0.15, -0.1) is 0 Å². The first-order valence-corrected chi connectivity index (χ1v) is 14.2. The first-order valence-electron chi connectivity index (χ1n) is 14.2. The van der Waals surface area contributed by atoms with Crippen LogP contribution in [0.3, 0.4) is 0 Å². The van der Waals surface area contributed by atoms with Crippen LogP contribution < -0.4 is 21.7 Å². The number of ketones is 1. The number of nitrogens with one attached hydrogen (secondary N) is 3. The normalized spacial score (nSPS) is 24.6. The molecule has 8 N–H and O–H groups in total. The van der Waals surface area contributed by atoms with Crippen molar-refractivity contribution in [1.82, 2.24) is 16.0 Å². The number of Topliss-reactive ketones (excluding diaryl/α,β-unsaturated/α-hetero) is 1. The molecule has 1 rings (SSSR count). The number of aliphatic hydroxyl groups excluding tert-OH is 3. The Hall–Kier alpha value is -2.12. The van der Waals surface area contributed by atoms with Gasteiger partial charge in [0, 0.05) is 12.8 Å². The highest BCUT2D eigenvalue weighted by molar-refractivity contribution is 5.95. The van der Waals surface area contributed by atoms with Crippen molar-refractivity contribution in [3.63, 3.8) is 0 Å². The SMILES string of the molecule is CCCCCCCCCCC(N)C(=O)NC(CC(=O)N[C@@H]1OC(CO)[C@H](O)[C@H](O)C1NC(C)=O)C(=O)C(C)C. The van der Waals surface area contributed by atoms with E-state index in [0.29, 0.717) is 6.42 Å². The fraction of sp³-hybridized carbons (Fsp3) is 0.852. The van der Waals surface area contributed by atoms with E-state index in [1.807, 2.05) is 0 Å². The molecule has 1 fully saturated rings. The van der Waals surface area contributed by atoms with Gasteiger partial charge in [-0.1, -0.05) is 72.1 Å². The minimum Gasteiger partial charge on any atom is -0.394 e. The fourth-order valence-electron chi connectivity index (χ4n) is 4.57. The lowest BCUT2D eigenvalue weighted by Gasteiger charge is -2.42. The van der Waals surface area contributed by atoms with Crippen molar-refractivity contribution < 1.29 is 39.2 Å². The Balaban J connectivity index is 2.73. The number of nitrogens with two attached hydrogens (primary N) is 1. The molecule has 39 heavy (non-hydrogen) atoms. The summed E-state index contributed by atoms with van der Waals surface area (Å²) >= 11 is 0. The quantitative estimate of drug-likeness (QED) is 0.113. The lowest BCUT2D eigenvalue weighted by atomic mass is 9.95. The molecule has 0 radical (unpaired) electrons. The summed E-state index contributed by atoms with van der Waals surface area (Å²) in [4.78, 5) is 50.1. The van der Waals surface area contributed by atoms with E-state index in [1.165, 1.54) is 32.6 Å². The molecule has 0 bridgehead atoms. The highest BCUT2D eigenvalue weighted by Gasteiger charge is 2.45. The Morgan fingerprint density at radius 2 is 1.51 bits per heavy atom. The minimum atomic E-state index is -1.53. The monoisotopic (exact) mass is 558 g/mol. The third-order valence-electron chi connectivity index (χ3n) is 6.92. The molecule has 1 aliphatic rings. The molecular formula is C27H50N4O8. The molecule has 0 aromatic carbocycles. The standard InChI is InChI=1S/C27H50N4O8/c1-5-6-7-8-9-10-11-12-13-18(28)26(38)30-19(23(35)16(2)3)14-21(34)31-27-22(29-17(4)33)25(37)24(36)20(15-32)39-27/h16,18-20,22,24-25,27,32,36-37H,5-15,28H2,1-4H3,(H,29,33)(H,30,38)(H,31,34)/t18?,19?,20?,22?,24-,25+,27+/m0/s1. The van der Waals surface area contributed by atoms with Crippen LogP contribution in [0.4, 0.5) is 0 Å². The third-order valence-corrected chi connectivity index (χ3v) is 6.92. The van der Waals surface area contributed by atoms with Crippen molar-refractivity contribution >= 4 is 23.5 Å². The number of amides is 3. The summed E-state index contributed by atoms with van der Waals surface area (Å²) in [6.45, 7) is 6.04. The highest BCUT2D eigenvalue weighted by atomic mass is 16.5. The van der Waals surface area contributed by atoms with Crippen LogP contribution in [0.2, 0.25) is 0 Å². The average molecular weight is 559 g/mol. The fourth-order valence-corrected chi connectivity index (χ4v) is 4.57. The average Bonchev–Trinajstić information content (AvgIpc) is 2.88. The number of carbonyl (C=O) groups is 4. The second-order valence-corrected chi connectivity index (χ2v) is 10.7. The smallest absolute Gasteiger partial charge is 0.237 e. The van der Waals surface area contributed by atoms with Crippen LogP contribution >= 0.6 is 0 Å². The van der Waals surface area contributed by atoms with E-state index < -0.39 is 79.3 Å². The number of aliphatic hydroxyl groups is 3. The Labute approximate surface area is 231 Å². The van der Waals surface area contributed by atoms with Crippen LogP contribution in [0.5, 0.6) is 0 Å². The van der Waals surface area contributed by atoms with Gasteiger partial charge in [-0.05, 0) is 6.42 Å². The molecule has 7 atom stereocenters. The molecule has 3 amide bonds. The summed E-state index contributed by atoms with van der Waals surface area (Å²) < 4.78 is 5.50. The van der Waals surface area contributed by atoms with Gasteiger partial charge >= 0.3 is 0 Å². The van der Waals surface area contributed by atoms with Gasteiger partial charge in [-0.25, -0.2) is 0 Å². The second kappa shape index (κ2) is 18.3. The van der Waals surface area contributed by atoms with Gasteiger partial charge in [0.05, 0.1) is 25.1 Å². The first-order chi connectivity index (χ1) is 18.4. The first kappa shape index (κ1) is 34.9. The molecule has 226 valence electrons. The second-order valence-electron chi connectivity index (χ2n) is 10.7.